The average Bonchev–Trinajstić information content (AvgIpc) is 4.04. The van der Waals surface area contributed by atoms with Gasteiger partial charge in [0.05, 0.1) is 69.1 Å². The first kappa shape index (κ1) is 12.6. The summed E-state index contributed by atoms with van der Waals surface area (Å²) in [6.07, 6.45) is 0. The molecule has 4 nitrogen and oxygen atoms in total. The first-order valence-corrected chi connectivity index (χ1v) is 14.8. The van der Waals surface area contributed by atoms with Gasteiger partial charge in [0, 0.05) is 49.6 Å². The summed E-state index contributed by atoms with van der Waals surface area (Å²) in [4.78, 5) is 9.08. The second-order valence-electron chi connectivity index (χ2n) is 10.8. The Morgan fingerprint density at radius 3 is 1.14 bits per heavy atom. The Kier molecular flexibility index (Phi) is 2.88. The molecule has 3 aromatic heterocycles. The number of fused-ring (bicyclic) bond motifs is 6. The molecule has 234 valence electrons. The van der Waals surface area contributed by atoms with Crippen LogP contribution in [0.2, 0.25) is 0 Å². The topological polar surface area (TPSA) is 35.6 Å². The quantitative estimate of drug-likeness (QED) is 0.184. The van der Waals surface area contributed by atoms with E-state index in [1.54, 1.807) is 0 Å². The van der Waals surface area contributed by atoms with E-state index in [-0.39, 0.29) is 44.2 Å². The third-order valence-corrected chi connectivity index (χ3v) is 7.99. The fraction of sp³-hybridized carbons (Fsp3) is 0. The molecule has 7 aromatic carbocycles. The lowest BCUT2D eigenvalue weighted by atomic mass is 10.0. The molecule has 0 aliphatic heterocycles. The van der Waals surface area contributed by atoms with Crippen LogP contribution in [0.1, 0.15) is 35.6 Å². The third-order valence-electron chi connectivity index (χ3n) is 7.99. The third kappa shape index (κ3) is 4.54. The molecule has 0 spiro atoms. The largest absolute Gasteiger partial charge is 0.309 e. The summed E-state index contributed by atoms with van der Waals surface area (Å²) in [6.45, 7) is 0. The molecule has 0 atom stereocenters. The number of hydrogen-bond donors (Lipinski definition) is 0. The molecule has 0 saturated carbocycles. The van der Waals surface area contributed by atoms with E-state index in [1.807, 2.05) is 0 Å². The fourth-order valence-electron chi connectivity index (χ4n) is 5.93. The van der Waals surface area contributed by atoms with Crippen LogP contribution in [0.25, 0.3) is 88.9 Å². The summed E-state index contributed by atoms with van der Waals surface area (Å²) in [5.41, 5.74) is -4.43. The molecule has 0 amide bonds. The first-order chi connectivity index (χ1) is 35.6. The van der Waals surface area contributed by atoms with Crippen molar-refractivity contribution in [2.24, 2.45) is 0 Å². The molecule has 4 heteroatoms. The predicted octanol–water partition coefficient (Wildman–Crippen LogP) is 11.7. The van der Waals surface area contributed by atoms with Gasteiger partial charge in [-0.3, -0.25) is 0 Å². The molecular weight excluding hydrogens is 609 g/mol. The Morgan fingerprint density at radius 2 is 0.700 bits per heavy atom. The summed E-state index contributed by atoms with van der Waals surface area (Å²) in [5.74, 6) is -0.663. The zero-order valence-electron chi connectivity index (χ0n) is 51.1. The van der Waals surface area contributed by atoms with Crippen molar-refractivity contribution in [3.05, 3.63) is 181 Å². The van der Waals surface area contributed by atoms with Gasteiger partial charge in [-0.25, -0.2) is 9.97 Å². The molecule has 10 aromatic rings. The minimum Gasteiger partial charge on any atom is -0.309 e. The molecule has 0 saturated heterocycles. The highest BCUT2D eigenvalue weighted by Crippen LogP contribution is 2.38. The standard InChI is InChI=1S/C46H30N4/c1-3-15-31(16-4-1)40-30-41(48-46(47-40)32-17-5-2-6-18-32)33-27-34(49-42-23-11-7-19-36(42)37-20-8-12-24-43(37)49)29-35(28-33)50-44-25-13-9-21-38(44)39-22-10-14-26-45(39)50/h1-30H/i1D,2D,3D,4D,5D,6D,7D,8D,9D,10D,11D,12D,13D,14D,15D,16D,17D,18D,19D,20D,21D,22D,23D,24D,25D,26D. The van der Waals surface area contributed by atoms with E-state index in [0.717, 1.165) is 15.2 Å². The maximum absolute atomic E-state index is 9.26. The van der Waals surface area contributed by atoms with Crippen molar-refractivity contribution in [1.29, 1.82) is 0 Å². The molecule has 10 rings (SSSR count). The Balaban J connectivity index is 1.49. The Hall–Kier alpha value is -6.78. The van der Waals surface area contributed by atoms with Crippen molar-refractivity contribution in [1.82, 2.24) is 19.1 Å². The lowest BCUT2D eigenvalue weighted by Gasteiger charge is -2.16. The summed E-state index contributed by atoms with van der Waals surface area (Å²) >= 11 is 0. The Morgan fingerprint density at radius 1 is 0.340 bits per heavy atom. The van der Waals surface area contributed by atoms with E-state index in [2.05, 4.69) is 9.97 Å². The number of para-hydroxylation sites is 4. The normalized spacial score (nSPS) is 18.9. The van der Waals surface area contributed by atoms with Crippen LogP contribution in [0.15, 0.2) is 181 Å². The van der Waals surface area contributed by atoms with Gasteiger partial charge in [0.15, 0.2) is 5.82 Å². The zero-order valence-corrected chi connectivity index (χ0v) is 25.1. The van der Waals surface area contributed by atoms with Crippen LogP contribution >= 0.6 is 0 Å². The molecule has 3 heterocycles. The molecule has 0 radical (unpaired) electrons. The molecule has 0 aliphatic rings. The number of benzene rings is 7. The highest BCUT2D eigenvalue weighted by atomic mass is 15.0. The summed E-state index contributed by atoms with van der Waals surface area (Å²) in [5, 5.41) is -1.47. The van der Waals surface area contributed by atoms with Crippen LogP contribution in [-0.4, -0.2) is 19.1 Å². The van der Waals surface area contributed by atoms with Crippen molar-refractivity contribution in [2.45, 2.75) is 0 Å². The average molecular weight is 665 g/mol. The SMILES string of the molecule is [2H]c1c([2H])c([2H])c(-c2cc(-c3cc(-n4c5c([2H])c([2H])c([2H])c([2H])c5c5c([2H])c([2H])c([2H])c([2H])c54)cc(-n4c5c([2H])c([2H])c([2H])c([2H])c5c5c([2H])c([2H])c([2H])c([2H])c54)c3)nc(-c3c([2H])c([2H])c([2H])c([2H])c3[2H])n2)c([2H])c1[2H]. The molecule has 50 heavy (non-hydrogen) atoms. The second-order valence-corrected chi connectivity index (χ2v) is 10.8. The van der Waals surface area contributed by atoms with Crippen molar-refractivity contribution in [2.75, 3.05) is 0 Å². The van der Waals surface area contributed by atoms with Crippen LogP contribution in [0.5, 0.6) is 0 Å². The van der Waals surface area contributed by atoms with Crippen LogP contribution in [-0.2, 0) is 0 Å². The molecule has 0 N–H and O–H groups in total. The lowest BCUT2D eigenvalue weighted by molar-refractivity contribution is 1.13. The van der Waals surface area contributed by atoms with Gasteiger partial charge in [0.2, 0.25) is 0 Å². The van der Waals surface area contributed by atoms with Crippen molar-refractivity contribution in [3.8, 4) is 45.3 Å². The number of aromatic nitrogens is 4. The highest BCUT2D eigenvalue weighted by molar-refractivity contribution is 6.10. The molecular formula is C46H30N4. The summed E-state index contributed by atoms with van der Waals surface area (Å²) < 4.78 is 231. The van der Waals surface area contributed by atoms with Crippen LogP contribution < -0.4 is 0 Å². The highest BCUT2D eigenvalue weighted by Gasteiger charge is 2.18. The monoisotopic (exact) mass is 664 g/mol. The number of hydrogen-bond acceptors (Lipinski definition) is 2. The summed E-state index contributed by atoms with van der Waals surface area (Å²) in [6, 6.07) is -15.4. The van der Waals surface area contributed by atoms with Gasteiger partial charge in [0.1, 0.15) is 0 Å². The van der Waals surface area contributed by atoms with Crippen molar-refractivity contribution < 1.29 is 35.6 Å². The molecule has 0 unspecified atom stereocenters. The van der Waals surface area contributed by atoms with Crippen LogP contribution in [0.3, 0.4) is 0 Å². The number of nitrogens with zero attached hydrogens (tertiary/aromatic N) is 4. The van der Waals surface area contributed by atoms with Crippen LogP contribution in [0, 0.1) is 0 Å². The molecule has 0 aliphatic carbocycles. The van der Waals surface area contributed by atoms with Crippen molar-refractivity contribution in [3.63, 3.8) is 0 Å². The van der Waals surface area contributed by atoms with Crippen molar-refractivity contribution >= 4 is 43.6 Å². The van der Waals surface area contributed by atoms with Gasteiger partial charge in [0.25, 0.3) is 0 Å². The van der Waals surface area contributed by atoms with Gasteiger partial charge in [-0.1, -0.05) is 133 Å². The van der Waals surface area contributed by atoms with E-state index in [0.29, 0.717) is 0 Å². The van der Waals surface area contributed by atoms with E-state index in [1.165, 1.54) is 18.2 Å². The Bertz CT molecular complexity index is 3890. The maximum Gasteiger partial charge on any atom is 0.160 e. The van der Waals surface area contributed by atoms with E-state index in [9.17, 15) is 5.48 Å². The smallest absolute Gasteiger partial charge is 0.160 e. The fourth-order valence-corrected chi connectivity index (χ4v) is 5.93. The van der Waals surface area contributed by atoms with Gasteiger partial charge in [-0.05, 0) is 48.4 Å². The van der Waals surface area contributed by atoms with Crippen LogP contribution in [0.4, 0.5) is 0 Å². The second kappa shape index (κ2) is 11.4. The van der Waals surface area contributed by atoms with E-state index < -0.39 is 202 Å². The first-order valence-electron chi connectivity index (χ1n) is 27.8. The van der Waals surface area contributed by atoms with Gasteiger partial charge in [-0.2, -0.15) is 0 Å². The maximum atomic E-state index is 9.26. The predicted molar refractivity (Wildman–Crippen MR) is 207 cm³/mol. The number of rotatable bonds is 5. The van der Waals surface area contributed by atoms with Gasteiger partial charge >= 0.3 is 0 Å². The van der Waals surface area contributed by atoms with Gasteiger partial charge in [-0.15, -0.1) is 0 Å². The van der Waals surface area contributed by atoms with E-state index >= 15 is 0 Å². The van der Waals surface area contributed by atoms with E-state index in [4.69, 9.17) is 30.2 Å². The Labute approximate surface area is 325 Å². The molecule has 0 fully saturated rings. The zero-order chi connectivity index (χ0) is 55.6. The van der Waals surface area contributed by atoms with Gasteiger partial charge < -0.3 is 9.13 Å². The summed E-state index contributed by atoms with van der Waals surface area (Å²) in [7, 11) is 0. The molecule has 0 bridgehead atoms. The minimum atomic E-state index is -0.834. The lowest BCUT2D eigenvalue weighted by Crippen LogP contribution is -2.01. The minimum absolute atomic E-state index is 0.217.